The van der Waals surface area contributed by atoms with Crippen LogP contribution >= 0.6 is 0 Å². The number of hydrogen-bond acceptors (Lipinski definition) is 5. The number of carbonyl (C=O) groups excluding carboxylic acids is 2. The molecule has 0 aromatic heterocycles. The Kier molecular flexibility index (Phi) is 10.7. The van der Waals surface area contributed by atoms with Crippen molar-refractivity contribution in [1.82, 2.24) is 10.2 Å². The zero-order valence-corrected chi connectivity index (χ0v) is 24.6. The summed E-state index contributed by atoms with van der Waals surface area (Å²) >= 11 is 0. The van der Waals surface area contributed by atoms with E-state index in [1.807, 2.05) is 45.0 Å². The van der Waals surface area contributed by atoms with Crippen LogP contribution in [-0.4, -0.2) is 50.9 Å². The number of sulfonamides is 1. The van der Waals surface area contributed by atoms with E-state index >= 15 is 0 Å². The molecule has 2 amide bonds. The van der Waals surface area contributed by atoms with Gasteiger partial charge in [-0.05, 0) is 62.1 Å². The topological polar surface area (TPSA) is 96.0 Å². The highest BCUT2D eigenvalue weighted by Crippen LogP contribution is 2.33. The lowest BCUT2D eigenvalue weighted by Gasteiger charge is -2.32. The minimum absolute atomic E-state index is 0.0438. The monoisotopic (exact) mass is 565 g/mol. The Morgan fingerprint density at radius 2 is 1.52 bits per heavy atom. The second-order valence-electron chi connectivity index (χ2n) is 9.99. The first kappa shape index (κ1) is 30.7. The van der Waals surface area contributed by atoms with Crippen molar-refractivity contribution in [2.24, 2.45) is 5.92 Å². The van der Waals surface area contributed by atoms with Crippen molar-refractivity contribution in [3.8, 4) is 5.75 Å². The Morgan fingerprint density at radius 1 is 0.900 bits per heavy atom. The van der Waals surface area contributed by atoms with Gasteiger partial charge in [0.15, 0.2) is 0 Å². The zero-order chi connectivity index (χ0) is 29.3. The number of amides is 2. The van der Waals surface area contributed by atoms with Gasteiger partial charge in [0.25, 0.3) is 10.0 Å². The molecule has 1 N–H and O–H groups in total. The predicted octanol–water partition coefficient (Wildman–Crippen LogP) is 4.78. The molecule has 1 atom stereocenters. The fraction of sp³-hybridized carbons (Fsp3) is 0.355. The first-order chi connectivity index (χ1) is 19.1. The van der Waals surface area contributed by atoms with Crippen molar-refractivity contribution in [3.05, 3.63) is 90.0 Å². The average Bonchev–Trinajstić information content (AvgIpc) is 2.94. The predicted molar refractivity (Wildman–Crippen MR) is 158 cm³/mol. The van der Waals surface area contributed by atoms with E-state index in [1.54, 1.807) is 56.3 Å². The summed E-state index contributed by atoms with van der Waals surface area (Å²) in [6.07, 6.45) is 0. The fourth-order valence-corrected chi connectivity index (χ4v) is 5.63. The molecule has 8 nitrogen and oxygen atoms in total. The van der Waals surface area contributed by atoms with E-state index in [1.165, 1.54) is 17.0 Å². The van der Waals surface area contributed by atoms with Crippen LogP contribution in [0.4, 0.5) is 5.69 Å². The molecule has 1 unspecified atom stereocenters. The van der Waals surface area contributed by atoms with Gasteiger partial charge in [-0.3, -0.25) is 13.9 Å². The van der Waals surface area contributed by atoms with E-state index in [9.17, 15) is 18.0 Å². The van der Waals surface area contributed by atoms with Crippen molar-refractivity contribution in [1.29, 1.82) is 0 Å². The molecule has 40 heavy (non-hydrogen) atoms. The first-order valence-corrected chi connectivity index (χ1v) is 14.9. The highest BCUT2D eigenvalue weighted by atomic mass is 32.2. The summed E-state index contributed by atoms with van der Waals surface area (Å²) in [7, 11) is -4.17. The van der Waals surface area contributed by atoms with Gasteiger partial charge >= 0.3 is 0 Å². The molecule has 3 rings (SSSR count). The Labute approximate surface area is 238 Å². The third-order valence-electron chi connectivity index (χ3n) is 6.50. The van der Waals surface area contributed by atoms with Crippen LogP contribution < -0.4 is 14.4 Å². The summed E-state index contributed by atoms with van der Waals surface area (Å²) in [5.41, 5.74) is 2.08. The lowest BCUT2D eigenvalue weighted by Crippen LogP contribution is -2.51. The van der Waals surface area contributed by atoms with Crippen LogP contribution in [0.5, 0.6) is 5.75 Å². The van der Waals surface area contributed by atoms with Crippen LogP contribution in [0.3, 0.4) is 0 Å². The molecule has 3 aromatic carbocycles. The van der Waals surface area contributed by atoms with Crippen molar-refractivity contribution in [3.63, 3.8) is 0 Å². The number of hydrogen-bond donors (Lipinski definition) is 1. The van der Waals surface area contributed by atoms with Gasteiger partial charge in [-0.2, -0.15) is 0 Å². The molecule has 0 heterocycles. The molecule has 0 aliphatic carbocycles. The molecule has 0 saturated heterocycles. The maximum atomic E-state index is 14.1. The first-order valence-electron chi connectivity index (χ1n) is 13.5. The molecule has 9 heteroatoms. The number of para-hydroxylation sites is 2. The summed E-state index contributed by atoms with van der Waals surface area (Å²) in [5, 5.41) is 2.90. The Hall–Kier alpha value is -3.85. The third kappa shape index (κ3) is 7.63. The summed E-state index contributed by atoms with van der Waals surface area (Å²) in [5.74, 6) is -0.243. The van der Waals surface area contributed by atoms with Crippen molar-refractivity contribution < 1.29 is 22.7 Å². The molecular weight excluding hydrogens is 526 g/mol. The van der Waals surface area contributed by atoms with E-state index in [4.69, 9.17) is 4.74 Å². The van der Waals surface area contributed by atoms with Crippen molar-refractivity contribution in [2.75, 3.05) is 24.0 Å². The maximum absolute atomic E-state index is 14.1. The minimum Gasteiger partial charge on any atom is -0.492 e. The van der Waals surface area contributed by atoms with Crippen LogP contribution in [-0.2, 0) is 26.2 Å². The van der Waals surface area contributed by atoms with Gasteiger partial charge in [-0.25, -0.2) is 8.42 Å². The smallest absolute Gasteiger partial charge is 0.264 e. The molecule has 0 radical (unpaired) electrons. The summed E-state index contributed by atoms with van der Waals surface area (Å²) in [6, 6.07) is 21.5. The van der Waals surface area contributed by atoms with Crippen LogP contribution in [0.2, 0.25) is 0 Å². The highest BCUT2D eigenvalue weighted by Gasteiger charge is 2.33. The number of nitrogens with zero attached hydrogens (tertiary/aromatic N) is 2. The van der Waals surface area contributed by atoms with E-state index in [0.29, 0.717) is 18.9 Å². The molecular formula is C31H39N3O5S. The number of rotatable bonds is 13. The largest absolute Gasteiger partial charge is 0.492 e. The average molecular weight is 566 g/mol. The third-order valence-corrected chi connectivity index (χ3v) is 8.27. The van der Waals surface area contributed by atoms with Crippen molar-refractivity contribution in [2.45, 2.75) is 52.1 Å². The van der Waals surface area contributed by atoms with E-state index in [2.05, 4.69) is 5.32 Å². The molecule has 0 aliphatic heterocycles. The van der Waals surface area contributed by atoms with Gasteiger partial charge in [0, 0.05) is 13.1 Å². The van der Waals surface area contributed by atoms with Gasteiger partial charge in [0.05, 0.1) is 17.2 Å². The maximum Gasteiger partial charge on any atom is 0.264 e. The quantitative estimate of drug-likeness (QED) is 0.322. The molecule has 0 aliphatic rings. The number of ether oxygens (including phenoxy) is 1. The zero-order valence-electron chi connectivity index (χ0n) is 23.8. The lowest BCUT2D eigenvalue weighted by molar-refractivity contribution is -0.139. The minimum atomic E-state index is -4.17. The standard InChI is InChI=1S/C31H39N3O5S/c1-6-39-29-19-13-12-18-28(29)34(40(37,38)27-16-8-7-9-17-27)22-30(35)33(21-26-15-11-10-14-24(26)4)25(5)31(36)32-20-23(2)3/h7-19,23,25H,6,20-22H2,1-5H3,(H,32,36). The van der Waals surface area contributed by atoms with Gasteiger partial charge in [0.1, 0.15) is 18.3 Å². The highest BCUT2D eigenvalue weighted by molar-refractivity contribution is 7.92. The molecule has 3 aromatic rings. The molecule has 0 saturated carbocycles. The summed E-state index contributed by atoms with van der Waals surface area (Å²) in [6.45, 7) is 9.79. The van der Waals surface area contributed by atoms with E-state index in [-0.39, 0.29) is 29.0 Å². The van der Waals surface area contributed by atoms with Crippen LogP contribution in [0.25, 0.3) is 0 Å². The van der Waals surface area contributed by atoms with Gasteiger partial charge in [-0.15, -0.1) is 0 Å². The normalized spacial score (nSPS) is 12.1. The Balaban J connectivity index is 2.06. The second-order valence-corrected chi connectivity index (χ2v) is 11.9. The number of aryl methyl sites for hydroxylation is 1. The second kappa shape index (κ2) is 14.0. The van der Waals surface area contributed by atoms with Crippen molar-refractivity contribution >= 4 is 27.5 Å². The number of anilines is 1. The summed E-state index contributed by atoms with van der Waals surface area (Å²) in [4.78, 5) is 28.7. The van der Waals surface area contributed by atoms with Crippen LogP contribution in [0.1, 0.15) is 38.8 Å². The number of carbonyl (C=O) groups is 2. The molecule has 0 bridgehead atoms. The van der Waals surface area contributed by atoms with E-state index < -0.39 is 28.5 Å². The fourth-order valence-electron chi connectivity index (χ4n) is 4.18. The van der Waals surface area contributed by atoms with E-state index in [0.717, 1.165) is 15.4 Å². The van der Waals surface area contributed by atoms with Crippen LogP contribution in [0, 0.1) is 12.8 Å². The van der Waals surface area contributed by atoms with Gasteiger partial charge < -0.3 is 15.0 Å². The Morgan fingerprint density at radius 3 is 2.17 bits per heavy atom. The Bertz CT molecular complexity index is 1390. The molecule has 214 valence electrons. The number of nitrogens with one attached hydrogen (secondary N) is 1. The SMILES string of the molecule is CCOc1ccccc1N(CC(=O)N(Cc1ccccc1C)C(C)C(=O)NCC(C)C)S(=O)(=O)c1ccccc1. The van der Waals surface area contributed by atoms with Crippen LogP contribution in [0.15, 0.2) is 83.8 Å². The summed E-state index contributed by atoms with van der Waals surface area (Å²) < 4.78 is 34.7. The lowest BCUT2D eigenvalue weighted by atomic mass is 10.1. The van der Waals surface area contributed by atoms with Gasteiger partial charge in [-0.1, -0.05) is 68.4 Å². The van der Waals surface area contributed by atoms with Gasteiger partial charge in [0.2, 0.25) is 11.8 Å². The molecule has 0 spiro atoms. The molecule has 0 fully saturated rings. The number of benzene rings is 3.